The van der Waals surface area contributed by atoms with Crippen LogP contribution in [0.4, 0.5) is 0 Å². The zero-order valence-electron chi connectivity index (χ0n) is 7.39. The van der Waals surface area contributed by atoms with E-state index in [9.17, 15) is 13.5 Å². The van der Waals surface area contributed by atoms with Crippen molar-refractivity contribution in [2.45, 2.75) is 11.1 Å². The molecule has 0 amide bonds. The third kappa shape index (κ3) is 1.19. The van der Waals surface area contributed by atoms with E-state index in [4.69, 9.17) is 4.74 Å². The molecule has 2 rings (SSSR count). The van der Waals surface area contributed by atoms with E-state index in [1.807, 2.05) is 0 Å². The molecule has 0 bridgehead atoms. The summed E-state index contributed by atoms with van der Waals surface area (Å²) in [6, 6.07) is 4.71. The lowest BCUT2D eigenvalue weighted by Crippen LogP contribution is -2.19. The highest BCUT2D eigenvalue weighted by Gasteiger charge is 2.35. The number of methoxy groups -OCH3 is 1. The minimum absolute atomic E-state index is 0.0231. The topological polar surface area (TPSA) is 75.6 Å². The van der Waals surface area contributed by atoms with E-state index in [0.29, 0.717) is 5.56 Å². The van der Waals surface area contributed by atoms with Crippen molar-refractivity contribution in [2.75, 3.05) is 7.11 Å². The van der Waals surface area contributed by atoms with E-state index >= 15 is 0 Å². The van der Waals surface area contributed by atoms with Crippen molar-refractivity contribution in [3.63, 3.8) is 0 Å². The maximum absolute atomic E-state index is 11.5. The predicted octanol–water partition coefficient (Wildman–Crippen LogP) is -0.0220. The molecule has 1 aliphatic rings. The Balaban J connectivity index is 2.76. The Bertz CT molecular complexity index is 468. The highest BCUT2D eigenvalue weighted by atomic mass is 32.2. The Morgan fingerprint density at radius 2 is 2.21 bits per heavy atom. The number of fused-ring (bicyclic) bond motifs is 1. The summed E-state index contributed by atoms with van der Waals surface area (Å²) < 4.78 is 30.0. The molecule has 1 aromatic rings. The highest BCUT2D eigenvalue weighted by Crippen LogP contribution is 2.35. The standard InChI is InChI=1S/C8H9NO4S/c1-13-6-4-2-3-5-7(6)14(11,12)9-8(5)10/h2-4,8-10H,1H3. The molecule has 2 N–H and O–H groups in total. The fourth-order valence-corrected chi connectivity index (χ4v) is 2.91. The van der Waals surface area contributed by atoms with E-state index in [1.54, 1.807) is 12.1 Å². The summed E-state index contributed by atoms with van der Waals surface area (Å²) in [5.74, 6) is 0.242. The largest absolute Gasteiger partial charge is 0.495 e. The van der Waals surface area contributed by atoms with E-state index in [1.165, 1.54) is 13.2 Å². The fourth-order valence-electron chi connectivity index (χ4n) is 1.47. The van der Waals surface area contributed by atoms with Gasteiger partial charge in [0.05, 0.1) is 7.11 Å². The molecule has 0 aromatic heterocycles. The molecule has 1 aliphatic heterocycles. The Kier molecular flexibility index (Phi) is 1.99. The quantitative estimate of drug-likeness (QED) is 0.690. The number of nitrogens with one attached hydrogen (secondary N) is 1. The van der Waals surface area contributed by atoms with Crippen LogP contribution in [0.25, 0.3) is 0 Å². The van der Waals surface area contributed by atoms with E-state index in [0.717, 1.165) is 0 Å². The lowest BCUT2D eigenvalue weighted by Gasteiger charge is -2.04. The van der Waals surface area contributed by atoms with Crippen LogP contribution >= 0.6 is 0 Å². The number of ether oxygens (including phenoxy) is 1. The number of rotatable bonds is 1. The van der Waals surface area contributed by atoms with E-state index in [-0.39, 0.29) is 10.6 Å². The third-order valence-corrected chi connectivity index (χ3v) is 3.57. The molecule has 14 heavy (non-hydrogen) atoms. The van der Waals surface area contributed by atoms with Gasteiger partial charge in [0.25, 0.3) is 0 Å². The van der Waals surface area contributed by atoms with Crippen molar-refractivity contribution in [3.05, 3.63) is 23.8 Å². The van der Waals surface area contributed by atoms with Crippen LogP contribution < -0.4 is 9.46 Å². The molecule has 0 radical (unpaired) electrons. The minimum atomic E-state index is -3.62. The molecule has 5 nitrogen and oxygen atoms in total. The second-order valence-electron chi connectivity index (χ2n) is 2.90. The SMILES string of the molecule is COc1cccc2c1S(=O)(=O)NC2O. The van der Waals surface area contributed by atoms with Crippen molar-refractivity contribution < 1.29 is 18.3 Å². The molecule has 0 spiro atoms. The van der Waals surface area contributed by atoms with Gasteiger partial charge in [0.1, 0.15) is 16.9 Å². The zero-order valence-corrected chi connectivity index (χ0v) is 8.21. The first kappa shape index (κ1) is 9.45. The molecular formula is C8H9NO4S. The van der Waals surface area contributed by atoms with Crippen molar-refractivity contribution in [1.29, 1.82) is 0 Å². The van der Waals surface area contributed by atoms with E-state index < -0.39 is 16.3 Å². The molecule has 1 atom stereocenters. The van der Waals surface area contributed by atoms with Gasteiger partial charge in [0, 0.05) is 5.56 Å². The molecule has 76 valence electrons. The van der Waals surface area contributed by atoms with Gasteiger partial charge in [0.2, 0.25) is 10.0 Å². The van der Waals surface area contributed by atoms with Crippen LogP contribution in [0.5, 0.6) is 5.75 Å². The van der Waals surface area contributed by atoms with Crippen LogP contribution in [0, 0.1) is 0 Å². The summed E-state index contributed by atoms with van der Waals surface area (Å²) in [7, 11) is -2.24. The third-order valence-electron chi connectivity index (χ3n) is 2.06. The Hall–Kier alpha value is -1.11. The van der Waals surface area contributed by atoms with Crippen LogP contribution in [0.3, 0.4) is 0 Å². The highest BCUT2D eigenvalue weighted by molar-refractivity contribution is 7.90. The monoisotopic (exact) mass is 215 g/mol. The smallest absolute Gasteiger partial charge is 0.247 e. The number of aliphatic hydroxyl groups is 1. The molecule has 6 heteroatoms. The van der Waals surface area contributed by atoms with Gasteiger partial charge in [-0.05, 0) is 6.07 Å². The van der Waals surface area contributed by atoms with Gasteiger partial charge in [-0.15, -0.1) is 0 Å². The first-order chi connectivity index (χ1) is 6.56. The Morgan fingerprint density at radius 3 is 2.86 bits per heavy atom. The summed E-state index contributed by atoms with van der Waals surface area (Å²) in [5, 5.41) is 9.39. The van der Waals surface area contributed by atoms with E-state index in [2.05, 4.69) is 4.72 Å². The van der Waals surface area contributed by atoms with Crippen LogP contribution in [-0.4, -0.2) is 20.6 Å². The lowest BCUT2D eigenvalue weighted by molar-refractivity contribution is 0.170. The number of hydrogen-bond acceptors (Lipinski definition) is 4. The second kappa shape index (κ2) is 2.94. The second-order valence-corrected chi connectivity index (χ2v) is 4.55. The first-order valence-electron chi connectivity index (χ1n) is 3.93. The van der Waals surface area contributed by atoms with Crippen molar-refractivity contribution in [3.8, 4) is 5.75 Å². The van der Waals surface area contributed by atoms with Gasteiger partial charge < -0.3 is 9.84 Å². The lowest BCUT2D eigenvalue weighted by atomic mass is 10.2. The normalized spacial score (nSPS) is 23.1. The summed E-state index contributed by atoms with van der Waals surface area (Å²) in [4.78, 5) is 0.0231. The first-order valence-corrected chi connectivity index (χ1v) is 5.42. The summed E-state index contributed by atoms with van der Waals surface area (Å²) in [6.45, 7) is 0. The van der Waals surface area contributed by atoms with Gasteiger partial charge >= 0.3 is 0 Å². The van der Waals surface area contributed by atoms with Crippen molar-refractivity contribution in [1.82, 2.24) is 4.72 Å². The minimum Gasteiger partial charge on any atom is -0.495 e. The van der Waals surface area contributed by atoms with Gasteiger partial charge in [0.15, 0.2) is 0 Å². The number of hydrogen-bond donors (Lipinski definition) is 2. The summed E-state index contributed by atoms with van der Waals surface area (Å²) in [5.41, 5.74) is 0.323. The van der Waals surface area contributed by atoms with Crippen LogP contribution in [0.2, 0.25) is 0 Å². The predicted molar refractivity (Wildman–Crippen MR) is 48.3 cm³/mol. The summed E-state index contributed by atoms with van der Waals surface area (Å²) >= 11 is 0. The van der Waals surface area contributed by atoms with Crippen LogP contribution in [-0.2, 0) is 10.0 Å². The Labute approximate surface area is 81.4 Å². The number of aliphatic hydroxyl groups excluding tert-OH is 1. The molecule has 0 saturated carbocycles. The zero-order chi connectivity index (χ0) is 10.3. The average molecular weight is 215 g/mol. The van der Waals surface area contributed by atoms with Crippen molar-refractivity contribution in [2.24, 2.45) is 0 Å². The van der Waals surface area contributed by atoms with Crippen LogP contribution in [0.1, 0.15) is 11.8 Å². The molecule has 0 fully saturated rings. The maximum atomic E-state index is 11.5. The van der Waals surface area contributed by atoms with Crippen LogP contribution in [0.15, 0.2) is 23.1 Å². The molecule has 0 saturated heterocycles. The van der Waals surface area contributed by atoms with Gasteiger partial charge in [-0.1, -0.05) is 12.1 Å². The van der Waals surface area contributed by atoms with Crippen molar-refractivity contribution >= 4 is 10.0 Å². The van der Waals surface area contributed by atoms with Gasteiger partial charge in [-0.2, -0.15) is 4.72 Å². The van der Waals surface area contributed by atoms with Gasteiger partial charge in [-0.25, -0.2) is 8.42 Å². The molecule has 1 heterocycles. The molecule has 0 aliphatic carbocycles. The molecule has 1 unspecified atom stereocenters. The molecule has 1 aromatic carbocycles. The summed E-state index contributed by atoms with van der Waals surface area (Å²) in [6.07, 6.45) is -1.18. The fraction of sp³-hybridized carbons (Fsp3) is 0.250. The number of benzene rings is 1. The number of sulfonamides is 1. The Morgan fingerprint density at radius 1 is 1.50 bits per heavy atom. The molecular weight excluding hydrogens is 206 g/mol. The maximum Gasteiger partial charge on any atom is 0.247 e. The van der Waals surface area contributed by atoms with Gasteiger partial charge in [-0.3, -0.25) is 0 Å². The average Bonchev–Trinajstić information content (AvgIpc) is 2.38.